The van der Waals surface area contributed by atoms with Gasteiger partial charge in [-0.25, -0.2) is 4.39 Å². The predicted molar refractivity (Wildman–Crippen MR) is 94.7 cm³/mol. The third-order valence-electron chi connectivity index (χ3n) is 3.81. The van der Waals surface area contributed by atoms with Gasteiger partial charge in [0, 0.05) is 21.3 Å². The van der Waals surface area contributed by atoms with E-state index < -0.39 is 0 Å². The number of halogens is 2. The molecule has 3 aromatic rings. The maximum atomic E-state index is 13.0. The number of nitrogens with one attached hydrogen (secondary N) is 1. The molecule has 4 rings (SSSR count). The molecule has 0 radical (unpaired) electrons. The van der Waals surface area contributed by atoms with Crippen molar-refractivity contribution in [1.29, 1.82) is 0 Å². The maximum absolute atomic E-state index is 13.0. The number of amides is 1. The van der Waals surface area contributed by atoms with Gasteiger partial charge in [0.25, 0.3) is 5.91 Å². The van der Waals surface area contributed by atoms with Gasteiger partial charge >= 0.3 is 0 Å². The Bertz CT molecular complexity index is 973. The van der Waals surface area contributed by atoms with E-state index in [2.05, 4.69) is 21.2 Å². The summed E-state index contributed by atoms with van der Waals surface area (Å²) in [7, 11) is 0. The zero-order chi connectivity index (χ0) is 16.7. The second-order valence-corrected chi connectivity index (χ2v) is 6.33. The molecule has 1 aliphatic rings. The molecule has 1 aromatic heterocycles. The van der Waals surface area contributed by atoms with E-state index in [4.69, 9.17) is 4.42 Å². The average molecular weight is 384 g/mol. The summed E-state index contributed by atoms with van der Waals surface area (Å²) < 4.78 is 19.7. The highest BCUT2D eigenvalue weighted by Gasteiger charge is 2.24. The van der Waals surface area contributed by atoms with Crippen LogP contribution in [0.25, 0.3) is 23.0 Å². The summed E-state index contributed by atoms with van der Waals surface area (Å²) in [5.41, 5.74) is 2.93. The molecule has 1 aliphatic heterocycles. The summed E-state index contributed by atoms with van der Waals surface area (Å²) in [6.45, 7) is 0. The van der Waals surface area contributed by atoms with E-state index in [0.29, 0.717) is 17.1 Å². The summed E-state index contributed by atoms with van der Waals surface area (Å²) in [4.78, 5) is 12.2. The molecule has 0 aliphatic carbocycles. The van der Waals surface area contributed by atoms with Crippen LogP contribution in [0.2, 0.25) is 0 Å². The Morgan fingerprint density at radius 2 is 1.83 bits per heavy atom. The van der Waals surface area contributed by atoms with E-state index in [-0.39, 0.29) is 11.7 Å². The first-order chi connectivity index (χ1) is 11.6. The molecule has 1 N–H and O–H groups in total. The number of carbonyl (C=O) groups is 1. The van der Waals surface area contributed by atoms with Gasteiger partial charge in [-0.15, -0.1) is 0 Å². The van der Waals surface area contributed by atoms with Crippen molar-refractivity contribution in [3.05, 3.63) is 76.2 Å². The molecule has 0 saturated carbocycles. The molecule has 2 aromatic carbocycles. The monoisotopic (exact) mass is 383 g/mol. The normalized spacial score (nSPS) is 14.8. The second-order valence-electron chi connectivity index (χ2n) is 5.41. The smallest absolute Gasteiger partial charge is 0.256 e. The first-order valence-corrected chi connectivity index (χ1v) is 8.08. The lowest BCUT2D eigenvalue weighted by Crippen LogP contribution is -2.03. The number of fused-ring (bicyclic) bond motifs is 1. The third kappa shape index (κ3) is 2.67. The Morgan fingerprint density at radius 3 is 2.62 bits per heavy atom. The maximum Gasteiger partial charge on any atom is 0.256 e. The van der Waals surface area contributed by atoms with Crippen molar-refractivity contribution in [2.24, 2.45) is 0 Å². The molecule has 118 valence electrons. The van der Waals surface area contributed by atoms with Crippen molar-refractivity contribution >= 4 is 39.2 Å². The molecular weight excluding hydrogens is 373 g/mol. The van der Waals surface area contributed by atoms with Crippen LogP contribution >= 0.6 is 15.9 Å². The number of rotatable bonds is 2. The summed E-state index contributed by atoms with van der Waals surface area (Å²) in [5, 5.41) is 2.83. The highest BCUT2D eigenvalue weighted by molar-refractivity contribution is 9.10. The Labute approximate surface area is 145 Å². The fourth-order valence-electron chi connectivity index (χ4n) is 2.65. The number of hydrogen-bond donors (Lipinski definition) is 1. The quantitative estimate of drug-likeness (QED) is 0.606. The second kappa shape index (κ2) is 5.76. The lowest BCUT2D eigenvalue weighted by Gasteiger charge is -1.99. The topological polar surface area (TPSA) is 42.2 Å². The third-order valence-corrected chi connectivity index (χ3v) is 4.30. The molecule has 5 heteroatoms. The first kappa shape index (κ1) is 14.9. The largest absolute Gasteiger partial charge is 0.457 e. The minimum absolute atomic E-state index is 0.164. The average Bonchev–Trinajstić information content (AvgIpc) is 3.14. The van der Waals surface area contributed by atoms with E-state index in [1.54, 1.807) is 30.3 Å². The number of benzene rings is 2. The SMILES string of the molecule is O=C1Nc2ccc(Br)cc2C1=Cc1ccc(-c2ccc(F)cc2)o1. The molecule has 3 nitrogen and oxygen atoms in total. The molecule has 1 amide bonds. The fraction of sp³-hybridized carbons (Fsp3) is 0. The summed E-state index contributed by atoms with van der Waals surface area (Å²) >= 11 is 3.42. The Morgan fingerprint density at radius 1 is 1.04 bits per heavy atom. The van der Waals surface area contributed by atoms with Crippen molar-refractivity contribution in [2.75, 3.05) is 5.32 Å². The molecule has 24 heavy (non-hydrogen) atoms. The zero-order valence-electron chi connectivity index (χ0n) is 12.3. The van der Waals surface area contributed by atoms with Crippen molar-refractivity contribution in [1.82, 2.24) is 0 Å². The lowest BCUT2D eigenvalue weighted by molar-refractivity contribution is -0.110. The Balaban J connectivity index is 1.71. The van der Waals surface area contributed by atoms with Crippen LogP contribution < -0.4 is 5.32 Å². The zero-order valence-corrected chi connectivity index (χ0v) is 13.9. The molecule has 0 spiro atoms. The van der Waals surface area contributed by atoms with Gasteiger partial charge in [-0.3, -0.25) is 4.79 Å². The van der Waals surface area contributed by atoms with E-state index >= 15 is 0 Å². The van der Waals surface area contributed by atoms with Crippen LogP contribution in [-0.4, -0.2) is 5.91 Å². The minimum atomic E-state index is -0.294. The number of furan rings is 1. The van der Waals surface area contributed by atoms with E-state index in [1.807, 2.05) is 18.2 Å². The standard InChI is InChI=1S/C19H11BrFNO2/c20-12-3-7-17-15(9-12)16(19(23)22-17)10-14-6-8-18(24-14)11-1-4-13(21)5-2-11/h1-10H,(H,22,23). The van der Waals surface area contributed by atoms with Gasteiger partial charge in [-0.2, -0.15) is 0 Å². The van der Waals surface area contributed by atoms with Crippen molar-refractivity contribution in [3.8, 4) is 11.3 Å². The highest BCUT2D eigenvalue weighted by atomic mass is 79.9. The van der Waals surface area contributed by atoms with Crippen LogP contribution in [0.5, 0.6) is 0 Å². The number of anilines is 1. The van der Waals surface area contributed by atoms with Crippen LogP contribution in [-0.2, 0) is 4.79 Å². The number of hydrogen-bond acceptors (Lipinski definition) is 2. The predicted octanol–water partition coefficient (Wildman–Crippen LogP) is 5.34. The van der Waals surface area contributed by atoms with Gasteiger partial charge in [0.05, 0.1) is 5.57 Å². The Hall–Kier alpha value is -2.66. The fourth-order valence-corrected chi connectivity index (χ4v) is 3.01. The van der Waals surface area contributed by atoms with Gasteiger partial charge in [-0.05, 0) is 60.7 Å². The van der Waals surface area contributed by atoms with E-state index in [0.717, 1.165) is 21.3 Å². The summed E-state index contributed by atoms with van der Waals surface area (Å²) in [5.74, 6) is 0.724. The number of carbonyl (C=O) groups excluding carboxylic acids is 1. The van der Waals surface area contributed by atoms with Crippen molar-refractivity contribution < 1.29 is 13.6 Å². The first-order valence-electron chi connectivity index (χ1n) is 7.29. The molecule has 0 bridgehead atoms. The highest BCUT2D eigenvalue weighted by Crippen LogP contribution is 2.35. The molecule has 0 saturated heterocycles. The molecule has 0 atom stereocenters. The van der Waals surface area contributed by atoms with Crippen LogP contribution in [0, 0.1) is 5.82 Å². The van der Waals surface area contributed by atoms with E-state index in [1.165, 1.54) is 12.1 Å². The van der Waals surface area contributed by atoms with Gasteiger partial charge < -0.3 is 9.73 Å². The minimum Gasteiger partial charge on any atom is -0.457 e. The van der Waals surface area contributed by atoms with Gasteiger partial charge in [0.2, 0.25) is 0 Å². The Kier molecular flexibility index (Phi) is 3.58. The summed E-state index contributed by atoms with van der Waals surface area (Å²) in [6.07, 6.45) is 1.71. The van der Waals surface area contributed by atoms with Crippen LogP contribution in [0.1, 0.15) is 11.3 Å². The van der Waals surface area contributed by atoms with Crippen molar-refractivity contribution in [3.63, 3.8) is 0 Å². The van der Waals surface area contributed by atoms with Crippen LogP contribution in [0.3, 0.4) is 0 Å². The van der Waals surface area contributed by atoms with Gasteiger partial charge in [0.15, 0.2) is 0 Å². The molecule has 2 heterocycles. The van der Waals surface area contributed by atoms with Gasteiger partial charge in [0.1, 0.15) is 17.3 Å². The lowest BCUT2D eigenvalue weighted by atomic mass is 10.1. The summed E-state index contributed by atoms with van der Waals surface area (Å²) in [6, 6.07) is 15.3. The van der Waals surface area contributed by atoms with E-state index in [9.17, 15) is 9.18 Å². The van der Waals surface area contributed by atoms with Crippen LogP contribution in [0.15, 0.2) is 63.5 Å². The molecular formula is C19H11BrFNO2. The molecule has 0 unspecified atom stereocenters. The molecule has 0 fully saturated rings. The van der Waals surface area contributed by atoms with Gasteiger partial charge in [-0.1, -0.05) is 15.9 Å². The van der Waals surface area contributed by atoms with Crippen molar-refractivity contribution in [2.45, 2.75) is 0 Å². The van der Waals surface area contributed by atoms with Crippen LogP contribution in [0.4, 0.5) is 10.1 Å².